The predicted molar refractivity (Wildman–Crippen MR) is 153 cm³/mol. The Hall–Kier alpha value is -4.38. The summed E-state index contributed by atoms with van der Waals surface area (Å²) in [5.41, 5.74) is -0.171. The first kappa shape index (κ1) is 29.7. The topological polar surface area (TPSA) is 175 Å². The Morgan fingerprint density at radius 2 is 1.95 bits per heavy atom. The number of hydrogen-bond donors (Lipinski definition) is 5. The van der Waals surface area contributed by atoms with E-state index in [0.29, 0.717) is 33.4 Å². The fourth-order valence-corrected chi connectivity index (χ4v) is 6.11. The predicted octanol–water partition coefficient (Wildman–Crippen LogP) is 0.784. The van der Waals surface area contributed by atoms with Crippen molar-refractivity contribution in [2.24, 2.45) is 0 Å². The van der Waals surface area contributed by atoms with Gasteiger partial charge in [0.15, 0.2) is 17.5 Å². The molecule has 3 heterocycles. The molecule has 5 N–H and O–H groups in total. The van der Waals surface area contributed by atoms with E-state index < -0.39 is 54.9 Å². The third kappa shape index (κ3) is 4.70. The van der Waals surface area contributed by atoms with Crippen molar-refractivity contribution in [3.63, 3.8) is 0 Å². The van der Waals surface area contributed by atoms with Gasteiger partial charge in [-0.1, -0.05) is 24.1 Å². The first-order valence-electron chi connectivity index (χ1n) is 14.0. The highest BCUT2D eigenvalue weighted by atomic mass is 16.7. The zero-order chi connectivity index (χ0) is 31.3. The molecule has 0 radical (unpaired) electrons. The molecule has 44 heavy (non-hydrogen) atoms. The average molecular weight is 606 g/mol. The molecule has 5 atom stereocenters. The van der Waals surface area contributed by atoms with E-state index in [0.717, 1.165) is 0 Å². The minimum atomic E-state index is -2.42. The van der Waals surface area contributed by atoms with Crippen molar-refractivity contribution < 1.29 is 54.1 Å². The van der Waals surface area contributed by atoms with Crippen molar-refractivity contribution in [1.82, 2.24) is 4.90 Å². The number of aliphatic hydroxyl groups excluding tert-OH is 3. The van der Waals surface area contributed by atoms with Crippen molar-refractivity contribution in [2.45, 2.75) is 50.1 Å². The number of amides is 1. The van der Waals surface area contributed by atoms with Gasteiger partial charge in [-0.2, -0.15) is 0 Å². The monoisotopic (exact) mass is 605 g/mol. The van der Waals surface area contributed by atoms with Crippen molar-refractivity contribution in [3.05, 3.63) is 64.2 Å². The number of carbonyl (C=O) groups excluding carboxylic acids is 2. The molecule has 6 rings (SSSR count). The van der Waals surface area contributed by atoms with Gasteiger partial charge in [-0.05, 0) is 41.1 Å². The highest BCUT2D eigenvalue weighted by molar-refractivity contribution is 6.10. The molecule has 3 aliphatic heterocycles. The van der Waals surface area contributed by atoms with Crippen LogP contribution in [0.2, 0.25) is 0 Å². The first-order valence-corrected chi connectivity index (χ1v) is 14.0. The Morgan fingerprint density at radius 3 is 2.68 bits per heavy atom. The number of aromatic hydroxyl groups is 1. The number of rotatable bonds is 3. The van der Waals surface area contributed by atoms with Crippen LogP contribution in [-0.2, 0) is 22.4 Å². The number of methoxy groups -OCH3 is 1. The van der Waals surface area contributed by atoms with Gasteiger partial charge in [0.25, 0.3) is 5.91 Å². The summed E-state index contributed by atoms with van der Waals surface area (Å²) in [7, 11) is 1.41. The molecule has 1 fully saturated rings. The molecule has 0 saturated carbocycles. The molecule has 0 aromatic heterocycles. The van der Waals surface area contributed by atoms with Gasteiger partial charge in [0.05, 0.1) is 37.8 Å². The third-order valence-electron chi connectivity index (χ3n) is 8.43. The minimum absolute atomic E-state index is 0.0321. The van der Waals surface area contributed by atoms with Crippen LogP contribution < -0.4 is 9.47 Å². The number of aryl methyl sites for hydroxylation is 1. The summed E-state index contributed by atoms with van der Waals surface area (Å²) < 4.78 is 22.8. The Kier molecular flexibility index (Phi) is 7.61. The van der Waals surface area contributed by atoms with E-state index in [-0.39, 0.29) is 42.1 Å². The number of benzene rings is 3. The van der Waals surface area contributed by atoms with Gasteiger partial charge < -0.3 is 49.4 Å². The van der Waals surface area contributed by atoms with Gasteiger partial charge in [-0.3, -0.25) is 9.59 Å². The van der Waals surface area contributed by atoms with E-state index in [2.05, 4.69) is 12.0 Å². The normalized spacial score (nSPS) is 26.4. The summed E-state index contributed by atoms with van der Waals surface area (Å²) in [4.78, 5) is 28.4. The molecular weight excluding hydrogens is 574 g/mol. The maximum atomic E-state index is 13.7. The van der Waals surface area contributed by atoms with Crippen LogP contribution in [0.4, 0.5) is 0 Å². The SMILES string of the molecule is COc1cc2c3c(O)c(c(C)cc3c1)C(=O)CN1Cc3c(cccc3C1=O)CC#CO[C@@H]1[C@H](O)[C@@H](CO)O[C@H](O2)[C@@]1(O)CO. The number of carbonyl (C=O) groups is 2. The number of Topliss-reactive ketones (excluding diaryl/α,β-unsaturated/α-hetero) is 1. The lowest BCUT2D eigenvalue weighted by Crippen LogP contribution is -2.70. The highest BCUT2D eigenvalue weighted by Crippen LogP contribution is 2.43. The number of ether oxygens (including phenoxy) is 4. The molecule has 12 heteroatoms. The molecule has 3 aromatic carbocycles. The maximum absolute atomic E-state index is 13.7. The maximum Gasteiger partial charge on any atom is 0.254 e. The standard InChI is InChI=1S/C32H31NO11/c1-16-9-18-10-19(41-2)11-23-26(18)28(38)25(16)22(36)13-33-12-21-17(5-3-7-20(21)30(33)39)6-4-8-42-29-27(37)24(14-34)44-31(43-23)32(29,40)15-35/h3,5,7,9-11,24,27,29,31,34-35,37-38,40H,6,12-15H2,1-2H3/t24-,27-,29-,31+,32-/m1/s1. The minimum Gasteiger partial charge on any atom is -0.506 e. The van der Waals surface area contributed by atoms with Crippen LogP contribution in [-0.4, -0.2) is 99.2 Å². The van der Waals surface area contributed by atoms with E-state index in [1.807, 2.05) is 0 Å². The summed E-state index contributed by atoms with van der Waals surface area (Å²) in [5, 5.41) is 55.0. The van der Waals surface area contributed by atoms with Crippen LogP contribution in [0.3, 0.4) is 0 Å². The first-order chi connectivity index (χ1) is 21.1. The molecule has 1 amide bonds. The Balaban J connectivity index is 1.56. The largest absolute Gasteiger partial charge is 0.506 e. The molecule has 12 nitrogen and oxygen atoms in total. The zero-order valence-electron chi connectivity index (χ0n) is 23.9. The molecule has 230 valence electrons. The quantitative estimate of drug-likeness (QED) is 0.267. The Bertz CT molecular complexity index is 1730. The van der Waals surface area contributed by atoms with Gasteiger partial charge in [0.2, 0.25) is 6.29 Å². The van der Waals surface area contributed by atoms with Crippen LogP contribution >= 0.6 is 0 Å². The highest BCUT2D eigenvalue weighted by Gasteiger charge is 2.58. The second-order valence-electron chi connectivity index (χ2n) is 11.1. The van der Waals surface area contributed by atoms with E-state index in [4.69, 9.17) is 18.9 Å². The number of phenols is 1. The van der Waals surface area contributed by atoms with E-state index >= 15 is 0 Å². The summed E-state index contributed by atoms with van der Waals surface area (Å²) in [6.07, 6.45) is -3.72. The molecule has 3 aliphatic rings. The number of fused-ring (bicyclic) bond motifs is 4. The zero-order valence-corrected chi connectivity index (χ0v) is 23.9. The van der Waals surface area contributed by atoms with Gasteiger partial charge in [-0.25, -0.2) is 0 Å². The van der Waals surface area contributed by atoms with Crippen LogP contribution in [0.15, 0.2) is 36.4 Å². The molecule has 3 aromatic rings. The van der Waals surface area contributed by atoms with Crippen molar-refractivity contribution in [3.8, 4) is 29.3 Å². The van der Waals surface area contributed by atoms with E-state index in [1.165, 1.54) is 18.1 Å². The molecule has 6 bridgehead atoms. The number of nitrogens with zero attached hydrogens (tertiary/aromatic N) is 1. The molecular formula is C32H31NO11. The van der Waals surface area contributed by atoms with Crippen molar-refractivity contribution in [1.29, 1.82) is 0 Å². The van der Waals surface area contributed by atoms with E-state index in [9.17, 15) is 35.1 Å². The molecule has 0 spiro atoms. The number of hydrogen-bond acceptors (Lipinski definition) is 11. The second kappa shape index (κ2) is 11.3. The van der Waals surface area contributed by atoms with Crippen LogP contribution in [0, 0.1) is 19.0 Å². The molecule has 0 unspecified atom stereocenters. The summed E-state index contributed by atoms with van der Waals surface area (Å²) in [6.45, 7) is -0.208. The van der Waals surface area contributed by atoms with Gasteiger partial charge >= 0.3 is 0 Å². The van der Waals surface area contributed by atoms with Crippen LogP contribution in [0.1, 0.15) is 37.4 Å². The molecule has 0 aliphatic carbocycles. The van der Waals surface area contributed by atoms with Crippen molar-refractivity contribution in [2.75, 3.05) is 26.9 Å². The smallest absolute Gasteiger partial charge is 0.254 e. The lowest BCUT2D eigenvalue weighted by Gasteiger charge is -2.47. The summed E-state index contributed by atoms with van der Waals surface area (Å²) in [5.74, 6) is 1.74. The lowest BCUT2D eigenvalue weighted by molar-refractivity contribution is -0.326. The Labute approximate surface area is 251 Å². The van der Waals surface area contributed by atoms with Crippen LogP contribution in [0.25, 0.3) is 10.8 Å². The van der Waals surface area contributed by atoms with Gasteiger partial charge in [-0.15, -0.1) is 0 Å². The fourth-order valence-electron chi connectivity index (χ4n) is 6.11. The fraction of sp³-hybridized carbons (Fsp3) is 0.375. The Morgan fingerprint density at radius 1 is 1.16 bits per heavy atom. The summed E-state index contributed by atoms with van der Waals surface area (Å²) >= 11 is 0. The van der Waals surface area contributed by atoms with E-state index in [1.54, 1.807) is 37.3 Å². The lowest BCUT2D eigenvalue weighted by atomic mass is 9.86. The second-order valence-corrected chi connectivity index (χ2v) is 11.1. The number of aliphatic hydroxyl groups is 4. The number of ketones is 1. The molecule has 1 saturated heterocycles. The van der Waals surface area contributed by atoms with Gasteiger partial charge in [0.1, 0.15) is 35.6 Å². The van der Waals surface area contributed by atoms with Gasteiger partial charge in [0, 0.05) is 24.6 Å². The summed E-state index contributed by atoms with van der Waals surface area (Å²) in [6, 6.07) is 9.82. The third-order valence-corrected chi connectivity index (χ3v) is 8.43. The average Bonchev–Trinajstić information content (AvgIpc) is 3.32. The van der Waals surface area contributed by atoms with Crippen molar-refractivity contribution >= 4 is 22.5 Å². The van der Waals surface area contributed by atoms with Crippen LogP contribution in [0.5, 0.6) is 17.2 Å². The number of phenolic OH excluding ortho intramolecular Hbond substituents is 1.